The van der Waals surface area contributed by atoms with Crippen molar-refractivity contribution in [3.05, 3.63) is 70.7 Å². The molecule has 0 spiro atoms. The second kappa shape index (κ2) is 10.6. The molecule has 2 aromatic carbocycles. The number of halogens is 1. The molecule has 0 saturated carbocycles. The molecule has 0 atom stereocenters. The Morgan fingerprint density at radius 1 is 1.00 bits per heavy atom. The molecular weight excluding hydrogens is 462 g/mol. The first-order valence-corrected chi connectivity index (χ1v) is 12.7. The minimum absolute atomic E-state index is 0.0631. The molecule has 35 heavy (non-hydrogen) atoms. The monoisotopic (exact) mass is 491 g/mol. The van der Waals surface area contributed by atoms with Crippen LogP contribution in [0.5, 0.6) is 0 Å². The highest BCUT2D eigenvalue weighted by atomic mass is 35.5. The van der Waals surface area contributed by atoms with Gasteiger partial charge < -0.3 is 10.2 Å². The lowest BCUT2D eigenvalue weighted by molar-refractivity contribution is -0.119. The lowest BCUT2D eigenvalue weighted by Crippen LogP contribution is -2.37. The van der Waals surface area contributed by atoms with Crippen molar-refractivity contribution >= 4 is 29.2 Å². The number of piperidine rings is 1. The molecular formula is C27H30ClN5O2. The Balaban J connectivity index is 1.23. The summed E-state index contributed by atoms with van der Waals surface area (Å²) in [5.41, 5.74) is 3.30. The van der Waals surface area contributed by atoms with Crippen molar-refractivity contribution in [2.45, 2.75) is 38.8 Å². The smallest absolute Gasteiger partial charge is 0.251 e. The summed E-state index contributed by atoms with van der Waals surface area (Å²) in [7, 11) is 0. The molecule has 1 N–H and O–H groups in total. The van der Waals surface area contributed by atoms with Gasteiger partial charge in [-0.1, -0.05) is 42.3 Å². The third-order valence-corrected chi connectivity index (χ3v) is 6.95. The van der Waals surface area contributed by atoms with E-state index in [1.165, 1.54) is 19.3 Å². The third kappa shape index (κ3) is 5.57. The van der Waals surface area contributed by atoms with Gasteiger partial charge in [0.05, 0.1) is 18.8 Å². The Morgan fingerprint density at radius 2 is 1.80 bits per heavy atom. The van der Waals surface area contributed by atoms with Gasteiger partial charge in [-0.25, -0.2) is 4.68 Å². The van der Waals surface area contributed by atoms with E-state index < -0.39 is 0 Å². The predicted molar refractivity (Wildman–Crippen MR) is 138 cm³/mol. The zero-order valence-corrected chi connectivity index (χ0v) is 20.5. The van der Waals surface area contributed by atoms with Gasteiger partial charge in [-0.15, -0.1) is 0 Å². The lowest BCUT2D eigenvalue weighted by Gasteiger charge is -2.27. The number of likely N-dealkylation sites (tertiary alicyclic amines) is 1. The first-order chi connectivity index (χ1) is 17.1. The van der Waals surface area contributed by atoms with Crippen LogP contribution in [-0.2, 0) is 17.9 Å². The summed E-state index contributed by atoms with van der Waals surface area (Å²) < 4.78 is 1.88. The molecule has 3 heterocycles. The lowest BCUT2D eigenvalue weighted by atomic mass is 10.1. The minimum Gasteiger partial charge on any atom is -0.351 e. The number of rotatable bonds is 7. The maximum Gasteiger partial charge on any atom is 0.251 e. The third-order valence-electron chi connectivity index (χ3n) is 6.71. The molecule has 2 aliphatic rings. The molecule has 1 saturated heterocycles. The number of carbonyl (C=O) groups is 2. The maximum absolute atomic E-state index is 12.8. The quantitative estimate of drug-likeness (QED) is 0.533. The summed E-state index contributed by atoms with van der Waals surface area (Å²) in [6, 6.07) is 17.0. The number of benzene rings is 2. The molecule has 182 valence electrons. The summed E-state index contributed by atoms with van der Waals surface area (Å²) in [5, 5.41) is 8.37. The highest BCUT2D eigenvalue weighted by Gasteiger charge is 2.26. The van der Waals surface area contributed by atoms with Crippen LogP contribution in [0.15, 0.2) is 54.6 Å². The highest BCUT2D eigenvalue weighted by Crippen LogP contribution is 2.30. The van der Waals surface area contributed by atoms with Crippen LogP contribution in [0.2, 0.25) is 5.02 Å². The van der Waals surface area contributed by atoms with Gasteiger partial charge in [0, 0.05) is 41.7 Å². The molecule has 2 amide bonds. The Bertz CT molecular complexity index is 1200. The van der Waals surface area contributed by atoms with E-state index in [1.54, 1.807) is 4.90 Å². The number of hydrogen-bond donors (Lipinski definition) is 1. The minimum atomic E-state index is -0.0631. The van der Waals surface area contributed by atoms with Crippen LogP contribution in [0.25, 0.3) is 11.3 Å². The van der Waals surface area contributed by atoms with Crippen molar-refractivity contribution in [2.24, 2.45) is 0 Å². The molecule has 7 nitrogen and oxygen atoms in total. The largest absolute Gasteiger partial charge is 0.351 e. The van der Waals surface area contributed by atoms with Crippen molar-refractivity contribution in [1.29, 1.82) is 0 Å². The normalized spacial score (nSPS) is 16.3. The average molecular weight is 492 g/mol. The molecule has 2 aliphatic heterocycles. The predicted octanol–water partition coefficient (Wildman–Crippen LogP) is 4.36. The summed E-state index contributed by atoms with van der Waals surface area (Å²) in [6.07, 6.45) is 4.21. The van der Waals surface area contributed by atoms with Crippen LogP contribution in [-0.4, -0.2) is 52.7 Å². The zero-order valence-electron chi connectivity index (χ0n) is 19.8. The van der Waals surface area contributed by atoms with E-state index in [-0.39, 0.29) is 11.8 Å². The highest BCUT2D eigenvalue weighted by molar-refractivity contribution is 6.30. The maximum atomic E-state index is 12.8. The van der Waals surface area contributed by atoms with Crippen LogP contribution in [0, 0.1) is 0 Å². The van der Waals surface area contributed by atoms with Crippen molar-refractivity contribution < 1.29 is 9.59 Å². The number of anilines is 1. The summed E-state index contributed by atoms with van der Waals surface area (Å²) in [4.78, 5) is 29.5. The van der Waals surface area contributed by atoms with E-state index in [0.717, 1.165) is 42.3 Å². The Labute approximate surface area is 210 Å². The van der Waals surface area contributed by atoms with Gasteiger partial charge in [-0.2, -0.15) is 5.10 Å². The number of nitrogens with zero attached hydrogens (tertiary/aromatic N) is 4. The molecule has 8 heteroatoms. The number of fused-ring (bicyclic) bond motifs is 1. The van der Waals surface area contributed by atoms with Crippen molar-refractivity contribution in [2.75, 3.05) is 31.1 Å². The fourth-order valence-corrected chi connectivity index (χ4v) is 4.96. The van der Waals surface area contributed by atoms with E-state index in [2.05, 4.69) is 10.2 Å². The number of nitrogens with one attached hydrogen (secondary N) is 1. The molecule has 0 bridgehead atoms. The second-order valence-corrected chi connectivity index (χ2v) is 9.64. The Morgan fingerprint density at radius 3 is 2.57 bits per heavy atom. The topological polar surface area (TPSA) is 70.5 Å². The Kier molecular flexibility index (Phi) is 7.16. The van der Waals surface area contributed by atoms with Crippen molar-refractivity contribution in [3.63, 3.8) is 0 Å². The first kappa shape index (κ1) is 23.6. The van der Waals surface area contributed by atoms with Gasteiger partial charge in [0.15, 0.2) is 0 Å². The van der Waals surface area contributed by atoms with Crippen LogP contribution < -0.4 is 10.2 Å². The summed E-state index contributed by atoms with van der Waals surface area (Å²) >= 11 is 6.15. The second-order valence-electron chi connectivity index (χ2n) is 9.21. The Hall–Kier alpha value is -3.16. The number of carbonyl (C=O) groups excluding carboxylic acids is 2. The van der Waals surface area contributed by atoms with Gasteiger partial charge in [-0.05, 0) is 55.8 Å². The van der Waals surface area contributed by atoms with Crippen molar-refractivity contribution in [3.8, 4) is 11.3 Å². The standard InChI is InChI=1S/C27H30ClN5O2/c28-23-6-4-5-22(17-23)24-18-25-32(26(34)11-15-33(25)30-24)19-20-7-9-21(10-8-20)27(35)29-12-16-31-13-2-1-3-14-31/h4-10,17-18H,1-3,11-16,19H2,(H,29,35). The van der Waals surface area contributed by atoms with Crippen LogP contribution in [0.3, 0.4) is 0 Å². The number of aryl methyl sites for hydroxylation is 1. The van der Waals surface area contributed by atoms with E-state index in [4.69, 9.17) is 16.7 Å². The average Bonchev–Trinajstić information content (AvgIpc) is 3.32. The SMILES string of the molecule is O=C(NCCN1CCCCC1)c1ccc(CN2C(=O)CCn3nc(-c4cccc(Cl)c4)cc32)cc1. The molecule has 5 rings (SSSR count). The van der Waals surface area contributed by atoms with Gasteiger partial charge in [0.2, 0.25) is 5.91 Å². The fraction of sp³-hybridized carbons (Fsp3) is 0.370. The van der Waals surface area contributed by atoms with Gasteiger partial charge >= 0.3 is 0 Å². The molecule has 0 unspecified atom stereocenters. The van der Waals surface area contributed by atoms with E-state index in [1.807, 2.05) is 59.3 Å². The molecule has 1 fully saturated rings. The summed E-state index contributed by atoms with van der Waals surface area (Å²) in [6.45, 7) is 4.78. The van der Waals surface area contributed by atoms with Gasteiger partial charge in [0.1, 0.15) is 5.82 Å². The van der Waals surface area contributed by atoms with Crippen LogP contribution in [0.1, 0.15) is 41.6 Å². The van der Waals surface area contributed by atoms with E-state index in [0.29, 0.717) is 36.6 Å². The van der Waals surface area contributed by atoms with Crippen molar-refractivity contribution in [1.82, 2.24) is 20.0 Å². The summed E-state index contributed by atoms with van der Waals surface area (Å²) in [5.74, 6) is 0.775. The number of aromatic nitrogens is 2. The van der Waals surface area contributed by atoms with E-state index >= 15 is 0 Å². The zero-order chi connectivity index (χ0) is 24.2. The molecule has 1 aromatic heterocycles. The molecule has 3 aromatic rings. The molecule has 0 radical (unpaired) electrons. The number of hydrogen-bond acceptors (Lipinski definition) is 4. The van der Waals surface area contributed by atoms with Gasteiger partial charge in [-0.3, -0.25) is 14.5 Å². The van der Waals surface area contributed by atoms with Gasteiger partial charge in [0.25, 0.3) is 5.91 Å². The fourth-order valence-electron chi connectivity index (χ4n) is 4.77. The number of amides is 2. The van der Waals surface area contributed by atoms with E-state index in [9.17, 15) is 9.59 Å². The molecule has 0 aliphatic carbocycles. The van der Waals surface area contributed by atoms with Crippen LogP contribution >= 0.6 is 11.6 Å². The first-order valence-electron chi connectivity index (χ1n) is 12.3. The van der Waals surface area contributed by atoms with Crippen LogP contribution in [0.4, 0.5) is 5.82 Å².